The molecule has 2 aliphatic rings. The molecule has 0 atom stereocenters. The Hall–Kier alpha value is -4.02. The molecule has 2 aliphatic heterocycles. The molecule has 5 rings (SSSR count). The zero-order valence-corrected chi connectivity index (χ0v) is 19.7. The lowest BCUT2D eigenvalue weighted by atomic mass is 9.85. The van der Waals surface area contributed by atoms with Gasteiger partial charge >= 0.3 is 0 Å². The molecule has 2 saturated heterocycles. The maximum Gasteiger partial charge on any atom is 0.247 e. The first-order valence-corrected chi connectivity index (χ1v) is 11.8. The number of anilines is 1. The molecular weight excluding hydrogens is 440 g/mol. The SMILES string of the molecule is COc1cc(C#N)ccc1Oc1cccc(CN2CCC3(CC2)C(=O)NCN3c2ccccc2)c1. The van der Waals surface area contributed by atoms with Crippen molar-refractivity contribution < 1.29 is 14.3 Å². The van der Waals surface area contributed by atoms with E-state index in [-0.39, 0.29) is 5.91 Å². The van der Waals surface area contributed by atoms with Crippen molar-refractivity contribution in [3.63, 3.8) is 0 Å². The molecule has 0 aliphatic carbocycles. The molecule has 178 valence electrons. The van der Waals surface area contributed by atoms with Crippen LogP contribution in [0.3, 0.4) is 0 Å². The lowest BCUT2D eigenvalue weighted by Gasteiger charge is -2.43. The van der Waals surface area contributed by atoms with Gasteiger partial charge in [-0.05, 0) is 54.8 Å². The molecule has 0 saturated carbocycles. The molecule has 35 heavy (non-hydrogen) atoms. The molecule has 0 unspecified atom stereocenters. The Balaban J connectivity index is 1.25. The van der Waals surface area contributed by atoms with E-state index in [9.17, 15) is 4.79 Å². The van der Waals surface area contributed by atoms with Gasteiger partial charge in [0.2, 0.25) is 5.91 Å². The zero-order chi connectivity index (χ0) is 24.3. The highest BCUT2D eigenvalue weighted by atomic mass is 16.5. The van der Waals surface area contributed by atoms with Gasteiger partial charge < -0.3 is 19.7 Å². The van der Waals surface area contributed by atoms with E-state index >= 15 is 0 Å². The number of ether oxygens (including phenoxy) is 2. The van der Waals surface area contributed by atoms with Crippen molar-refractivity contribution >= 4 is 11.6 Å². The highest BCUT2D eigenvalue weighted by Crippen LogP contribution is 2.37. The summed E-state index contributed by atoms with van der Waals surface area (Å²) in [7, 11) is 1.56. The van der Waals surface area contributed by atoms with Crippen molar-refractivity contribution in [3.8, 4) is 23.3 Å². The Morgan fingerprint density at radius 3 is 2.54 bits per heavy atom. The Bertz CT molecular complexity index is 1250. The summed E-state index contributed by atoms with van der Waals surface area (Å²) in [6.07, 6.45) is 1.57. The van der Waals surface area contributed by atoms with E-state index in [1.807, 2.05) is 36.4 Å². The monoisotopic (exact) mass is 468 g/mol. The number of piperidine rings is 1. The summed E-state index contributed by atoms with van der Waals surface area (Å²) in [6, 6.07) is 25.4. The molecular formula is C28H28N4O3. The molecule has 1 N–H and O–H groups in total. The van der Waals surface area contributed by atoms with Gasteiger partial charge in [-0.25, -0.2) is 0 Å². The second-order valence-corrected chi connectivity index (χ2v) is 8.96. The fourth-order valence-electron chi connectivity index (χ4n) is 5.03. The van der Waals surface area contributed by atoms with Crippen molar-refractivity contribution in [3.05, 3.63) is 83.9 Å². The number of nitrogens with one attached hydrogen (secondary N) is 1. The minimum atomic E-state index is -0.477. The number of hydrogen-bond acceptors (Lipinski definition) is 6. The number of likely N-dealkylation sites (tertiary alicyclic amines) is 1. The number of amides is 1. The first kappa shape index (κ1) is 22.8. The Morgan fingerprint density at radius 1 is 1.00 bits per heavy atom. The van der Waals surface area contributed by atoms with Gasteiger partial charge in [0.1, 0.15) is 11.3 Å². The van der Waals surface area contributed by atoms with E-state index in [4.69, 9.17) is 14.7 Å². The van der Waals surface area contributed by atoms with Crippen LogP contribution < -0.4 is 19.7 Å². The second-order valence-electron chi connectivity index (χ2n) is 8.96. The van der Waals surface area contributed by atoms with Crippen molar-refractivity contribution in [2.75, 3.05) is 31.8 Å². The average molecular weight is 469 g/mol. The number of nitriles is 1. The van der Waals surface area contributed by atoms with Crippen LogP contribution in [-0.2, 0) is 11.3 Å². The van der Waals surface area contributed by atoms with Gasteiger partial charge in [-0.15, -0.1) is 0 Å². The molecule has 7 heteroatoms. The number of carbonyl (C=O) groups excluding carboxylic acids is 1. The minimum Gasteiger partial charge on any atom is -0.493 e. The third-order valence-corrected chi connectivity index (χ3v) is 6.91. The quantitative estimate of drug-likeness (QED) is 0.582. The number of methoxy groups -OCH3 is 1. The number of benzene rings is 3. The lowest BCUT2D eigenvalue weighted by molar-refractivity contribution is -0.125. The van der Waals surface area contributed by atoms with E-state index in [1.165, 1.54) is 0 Å². The molecule has 1 amide bonds. The molecule has 0 bridgehead atoms. The standard InChI is InChI=1S/C28H28N4O3/c1-34-26-17-21(18-29)10-11-25(26)35-24-9-5-6-22(16-24)19-31-14-12-28(13-15-31)27(33)30-20-32(28)23-7-3-2-4-8-23/h2-11,16-17H,12-15,19-20H2,1H3,(H,30,33). The minimum absolute atomic E-state index is 0.132. The Kier molecular flexibility index (Phi) is 6.30. The number of nitrogens with zero attached hydrogens (tertiary/aromatic N) is 3. The molecule has 1 spiro atoms. The molecule has 2 heterocycles. The molecule has 2 fully saturated rings. The summed E-state index contributed by atoms with van der Waals surface area (Å²) in [5.74, 6) is 1.93. The second kappa shape index (κ2) is 9.69. The maximum absolute atomic E-state index is 12.9. The van der Waals surface area contributed by atoms with Crippen LogP contribution in [0.15, 0.2) is 72.8 Å². The lowest BCUT2D eigenvalue weighted by Crippen LogP contribution is -2.56. The fraction of sp³-hybridized carbons (Fsp3) is 0.286. The fourth-order valence-corrected chi connectivity index (χ4v) is 5.03. The topological polar surface area (TPSA) is 77.8 Å². The third-order valence-electron chi connectivity index (χ3n) is 6.91. The largest absolute Gasteiger partial charge is 0.493 e. The summed E-state index contributed by atoms with van der Waals surface area (Å²) in [6.45, 7) is 3.02. The normalized spacial score (nSPS) is 17.1. The van der Waals surface area contributed by atoms with Gasteiger partial charge in [-0.3, -0.25) is 9.69 Å². The highest BCUT2D eigenvalue weighted by molar-refractivity contribution is 5.93. The average Bonchev–Trinajstić information content (AvgIpc) is 3.21. The maximum atomic E-state index is 12.9. The summed E-state index contributed by atoms with van der Waals surface area (Å²) in [5, 5.41) is 12.2. The van der Waals surface area contributed by atoms with E-state index in [1.54, 1.807) is 25.3 Å². The van der Waals surface area contributed by atoms with Crippen LogP contribution in [-0.4, -0.2) is 43.2 Å². The molecule has 3 aromatic carbocycles. The number of carbonyl (C=O) groups is 1. The number of rotatable bonds is 6. The van der Waals surface area contributed by atoms with Gasteiger partial charge in [0.25, 0.3) is 0 Å². The summed E-state index contributed by atoms with van der Waals surface area (Å²) < 4.78 is 11.5. The van der Waals surface area contributed by atoms with Crippen LogP contribution in [0.25, 0.3) is 0 Å². The summed E-state index contributed by atoms with van der Waals surface area (Å²) in [4.78, 5) is 17.5. The predicted molar refractivity (Wildman–Crippen MR) is 133 cm³/mol. The van der Waals surface area contributed by atoms with Crippen LogP contribution in [0.5, 0.6) is 17.2 Å². The van der Waals surface area contributed by atoms with Crippen molar-refractivity contribution in [2.45, 2.75) is 24.9 Å². The molecule has 7 nitrogen and oxygen atoms in total. The van der Waals surface area contributed by atoms with Gasteiger partial charge in [0.05, 0.1) is 25.4 Å². The number of hydrogen-bond donors (Lipinski definition) is 1. The molecule has 3 aromatic rings. The van der Waals surface area contributed by atoms with Crippen LogP contribution in [0, 0.1) is 11.3 Å². The third kappa shape index (κ3) is 4.53. The van der Waals surface area contributed by atoms with E-state index in [2.05, 4.69) is 39.4 Å². The first-order valence-electron chi connectivity index (χ1n) is 11.8. The van der Waals surface area contributed by atoms with Gasteiger partial charge in [-0.1, -0.05) is 30.3 Å². The van der Waals surface area contributed by atoms with Crippen LogP contribution in [0.2, 0.25) is 0 Å². The van der Waals surface area contributed by atoms with Gasteiger partial charge in [0, 0.05) is 31.4 Å². The summed E-state index contributed by atoms with van der Waals surface area (Å²) >= 11 is 0. The zero-order valence-electron chi connectivity index (χ0n) is 19.7. The van der Waals surface area contributed by atoms with Gasteiger partial charge in [-0.2, -0.15) is 5.26 Å². The number of para-hydroxylation sites is 1. The first-order chi connectivity index (χ1) is 17.1. The molecule has 0 radical (unpaired) electrons. The highest BCUT2D eigenvalue weighted by Gasteiger charge is 2.50. The van der Waals surface area contributed by atoms with Gasteiger partial charge in [0.15, 0.2) is 11.5 Å². The van der Waals surface area contributed by atoms with Crippen LogP contribution >= 0.6 is 0 Å². The molecule has 0 aromatic heterocycles. The van der Waals surface area contributed by atoms with Crippen LogP contribution in [0.4, 0.5) is 5.69 Å². The Labute approximate surface area is 205 Å². The van der Waals surface area contributed by atoms with E-state index in [0.717, 1.165) is 43.7 Å². The van der Waals surface area contributed by atoms with Crippen molar-refractivity contribution in [1.82, 2.24) is 10.2 Å². The smallest absolute Gasteiger partial charge is 0.247 e. The van der Waals surface area contributed by atoms with E-state index < -0.39 is 5.54 Å². The Morgan fingerprint density at radius 2 is 1.80 bits per heavy atom. The van der Waals surface area contributed by atoms with Crippen molar-refractivity contribution in [1.29, 1.82) is 5.26 Å². The predicted octanol–water partition coefficient (Wildman–Crippen LogP) is 4.29. The van der Waals surface area contributed by atoms with E-state index in [0.29, 0.717) is 29.5 Å². The van der Waals surface area contributed by atoms with Crippen molar-refractivity contribution in [2.24, 2.45) is 0 Å². The summed E-state index contributed by atoms with van der Waals surface area (Å²) in [5.41, 5.74) is 2.27. The van der Waals surface area contributed by atoms with Crippen LogP contribution in [0.1, 0.15) is 24.0 Å².